The molecule has 3 heterocycles. The summed E-state index contributed by atoms with van der Waals surface area (Å²) < 4.78 is 22.6. The van der Waals surface area contributed by atoms with Gasteiger partial charge in [0, 0.05) is 28.8 Å². The van der Waals surface area contributed by atoms with Crippen LogP contribution in [0.3, 0.4) is 0 Å². The van der Waals surface area contributed by atoms with Gasteiger partial charge < -0.3 is 9.30 Å². The van der Waals surface area contributed by atoms with Gasteiger partial charge in [0.2, 0.25) is 0 Å². The number of thioether (sulfide) groups is 1. The zero-order valence-corrected chi connectivity index (χ0v) is 16.7. The Morgan fingerprint density at radius 2 is 2.22 bits per heavy atom. The minimum atomic E-state index is -0.395. The first-order valence-corrected chi connectivity index (χ1v) is 10.9. The number of aromatic nitrogens is 3. The molecule has 4 rings (SSSR count). The van der Waals surface area contributed by atoms with E-state index in [0.29, 0.717) is 28.2 Å². The first-order chi connectivity index (χ1) is 13.2. The Labute approximate surface area is 164 Å². The van der Waals surface area contributed by atoms with Crippen LogP contribution < -0.4 is 0 Å². The number of halogens is 1. The average Bonchev–Trinajstić information content (AvgIpc) is 3.14. The van der Waals surface area contributed by atoms with Crippen molar-refractivity contribution in [2.24, 2.45) is 0 Å². The van der Waals surface area contributed by atoms with Gasteiger partial charge in [-0.1, -0.05) is 24.2 Å². The van der Waals surface area contributed by atoms with Crippen LogP contribution in [0.15, 0.2) is 23.4 Å². The highest BCUT2D eigenvalue weighted by Crippen LogP contribution is 2.37. The number of nitrogens with zero attached hydrogens (tertiary/aromatic N) is 3. The summed E-state index contributed by atoms with van der Waals surface area (Å²) in [5.74, 6) is 0.762. The van der Waals surface area contributed by atoms with E-state index >= 15 is 0 Å². The number of thiophene rings is 1. The van der Waals surface area contributed by atoms with Crippen LogP contribution in [-0.4, -0.2) is 27.3 Å². The van der Waals surface area contributed by atoms with Crippen molar-refractivity contribution in [1.82, 2.24) is 14.8 Å². The van der Waals surface area contributed by atoms with Crippen molar-refractivity contribution < 1.29 is 13.9 Å². The molecule has 27 heavy (non-hydrogen) atoms. The van der Waals surface area contributed by atoms with E-state index in [2.05, 4.69) is 14.8 Å². The van der Waals surface area contributed by atoms with Gasteiger partial charge in [-0.05, 0) is 37.5 Å². The van der Waals surface area contributed by atoms with Crippen molar-refractivity contribution in [2.45, 2.75) is 50.1 Å². The van der Waals surface area contributed by atoms with Gasteiger partial charge in [0.05, 0.1) is 6.61 Å². The Kier molecular flexibility index (Phi) is 5.45. The average molecular weight is 406 g/mol. The molecule has 0 saturated heterocycles. The number of benzene rings is 1. The smallest absolute Gasteiger partial charge is 0.348 e. The second-order valence-corrected chi connectivity index (χ2v) is 8.39. The summed E-state index contributed by atoms with van der Waals surface area (Å²) in [6, 6.07) is 4.93. The normalized spacial score (nSPS) is 14.1. The zero-order valence-electron chi connectivity index (χ0n) is 15.0. The lowest BCUT2D eigenvalue weighted by Crippen LogP contribution is -2.05. The van der Waals surface area contributed by atoms with Crippen LogP contribution in [-0.2, 0) is 23.5 Å². The maximum absolute atomic E-state index is 14.5. The molecule has 0 fully saturated rings. The standard InChI is InChI=1S/C19H20FN3O2S2/c1-2-25-18(24)17-12(16-13(20)7-6-8-14(16)27-17)11-26-19-22-21-15-9-4-3-5-10-23(15)19/h6-8H,2-5,9-11H2,1H3. The molecule has 1 aromatic carbocycles. The largest absolute Gasteiger partial charge is 0.462 e. The van der Waals surface area contributed by atoms with Crippen molar-refractivity contribution in [2.75, 3.05) is 6.61 Å². The Bertz CT molecular complexity index is 983. The van der Waals surface area contributed by atoms with E-state index < -0.39 is 5.97 Å². The topological polar surface area (TPSA) is 57.0 Å². The van der Waals surface area contributed by atoms with Crippen LogP contribution in [0.2, 0.25) is 0 Å². The van der Waals surface area contributed by atoms with Crippen molar-refractivity contribution in [3.63, 3.8) is 0 Å². The highest BCUT2D eigenvalue weighted by Gasteiger charge is 2.23. The fourth-order valence-electron chi connectivity index (χ4n) is 3.37. The summed E-state index contributed by atoms with van der Waals surface area (Å²) >= 11 is 2.79. The second-order valence-electron chi connectivity index (χ2n) is 6.39. The maximum Gasteiger partial charge on any atom is 0.348 e. The molecular formula is C19H20FN3O2S2. The molecule has 2 aromatic heterocycles. The fourth-order valence-corrected chi connectivity index (χ4v) is 5.60. The van der Waals surface area contributed by atoms with Crippen LogP contribution in [0.1, 0.15) is 47.2 Å². The predicted octanol–water partition coefficient (Wildman–Crippen LogP) is 4.83. The molecule has 0 atom stereocenters. The van der Waals surface area contributed by atoms with Crippen molar-refractivity contribution >= 4 is 39.2 Å². The molecule has 0 saturated carbocycles. The second kappa shape index (κ2) is 7.98. The maximum atomic E-state index is 14.5. The SMILES string of the molecule is CCOC(=O)c1sc2cccc(F)c2c1CSc1nnc2n1CCCCC2. The number of aryl methyl sites for hydroxylation is 1. The van der Waals surface area contributed by atoms with E-state index in [4.69, 9.17) is 4.74 Å². The number of ether oxygens (including phenoxy) is 1. The molecule has 8 heteroatoms. The molecule has 0 radical (unpaired) electrons. The molecule has 0 amide bonds. The molecule has 1 aliphatic heterocycles. The molecule has 0 spiro atoms. The fraction of sp³-hybridized carbons (Fsp3) is 0.421. The van der Waals surface area contributed by atoms with Crippen LogP contribution >= 0.6 is 23.1 Å². The Hall–Kier alpha value is -1.93. The van der Waals surface area contributed by atoms with Gasteiger partial charge in [0.15, 0.2) is 5.16 Å². The molecule has 0 unspecified atom stereocenters. The number of rotatable bonds is 5. The number of hydrogen-bond donors (Lipinski definition) is 0. The number of esters is 1. The van der Waals surface area contributed by atoms with Gasteiger partial charge in [0.1, 0.15) is 16.5 Å². The summed E-state index contributed by atoms with van der Waals surface area (Å²) in [6.45, 7) is 2.97. The summed E-state index contributed by atoms with van der Waals surface area (Å²) in [6.07, 6.45) is 4.39. The van der Waals surface area contributed by atoms with Crippen LogP contribution in [0.5, 0.6) is 0 Å². The van der Waals surface area contributed by atoms with Gasteiger partial charge in [-0.15, -0.1) is 21.5 Å². The zero-order chi connectivity index (χ0) is 18.8. The lowest BCUT2D eigenvalue weighted by Gasteiger charge is -2.08. The van der Waals surface area contributed by atoms with Gasteiger partial charge in [-0.3, -0.25) is 0 Å². The van der Waals surface area contributed by atoms with Crippen LogP contribution in [0.4, 0.5) is 4.39 Å². The molecule has 1 aliphatic rings. The van der Waals surface area contributed by atoms with E-state index in [9.17, 15) is 9.18 Å². The van der Waals surface area contributed by atoms with E-state index in [-0.39, 0.29) is 5.82 Å². The minimum Gasteiger partial charge on any atom is -0.462 e. The third kappa shape index (κ3) is 3.60. The van der Waals surface area contributed by atoms with Gasteiger partial charge in [-0.2, -0.15) is 0 Å². The Morgan fingerprint density at radius 3 is 3.07 bits per heavy atom. The van der Waals surface area contributed by atoms with E-state index in [1.54, 1.807) is 13.0 Å². The first-order valence-electron chi connectivity index (χ1n) is 9.11. The summed E-state index contributed by atoms with van der Waals surface area (Å²) in [5, 5.41) is 9.97. The lowest BCUT2D eigenvalue weighted by atomic mass is 10.1. The van der Waals surface area contributed by atoms with E-state index in [1.807, 2.05) is 6.07 Å². The Morgan fingerprint density at radius 1 is 1.33 bits per heavy atom. The number of fused-ring (bicyclic) bond motifs is 2. The molecule has 0 N–H and O–H groups in total. The lowest BCUT2D eigenvalue weighted by molar-refractivity contribution is 0.0531. The predicted molar refractivity (Wildman–Crippen MR) is 105 cm³/mol. The number of carbonyl (C=O) groups is 1. The summed E-state index contributed by atoms with van der Waals surface area (Å²) in [7, 11) is 0. The molecular weight excluding hydrogens is 385 g/mol. The third-order valence-electron chi connectivity index (χ3n) is 4.65. The number of hydrogen-bond acceptors (Lipinski definition) is 6. The Balaban J connectivity index is 1.68. The minimum absolute atomic E-state index is 0.291. The van der Waals surface area contributed by atoms with Crippen molar-refractivity contribution in [1.29, 1.82) is 0 Å². The van der Waals surface area contributed by atoms with E-state index in [0.717, 1.165) is 41.5 Å². The molecule has 5 nitrogen and oxygen atoms in total. The quantitative estimate of drug-likeness (QED) is 0.450. The molecule has 3 aromatic rings. The summed E-state index contributed by atoms with van der Waals surface area (Å²) in [5.41, 5.74) is 0.683. The third-order valence-corrected chi connectivity index (χ3v) is 6.82. The molecule has 0 aliphatic carbocycles. The summed E-state index contributed by atoms with van der Waals surface area (Å²) in [4.78, 5) is 12.9. The molecule has 142 valence electrons. The van der Waals surface area contributed by atoms with Gasteiger partial charge in [0.25, 0.3) is 0 Å². The van der Waals surface area contributed by atoms with Crippen molar-refractivity contribution in [3.8, 4) is 0 Å². The van der Waals surface area contributed by atoms with Crippen LogP contribution in [0.25, 0.3) is 10.1 Å². The monoisotopic (exact) mass is 405 g/mol. The van der Waals surface area contributed by atoms with Gasteiger partial charge in [-0.25, -0.2) is 9.18 Å². The highest BCUT2D eigenvalue weighted by molar-refractivity contribution is 7.98. The van der Waals surface area contributed by atoms with E-state index in [1.165, 1.54) is 35.6 Å². The number of carbonyl (C=O) groups excluding carboxylic acids is 1. The first kappa shape index (κ1) is 18.4. The molecule has 0 bridgehead atoms. The van der Waals surface area contributed by atoms with Crippen LogP contribution in [0, 0.1) is 5.82 Å². The van der Waals surface area contributed by atoms with Crippen molar-refractivity contribution in [3.05, 3.63) is 40.3 Å². The highest BCUT2D eigenvalue weighted by atomic mass is 32.2. The van der Waals surface area contributed by atoms with Gasteiger partial charge >= 0.3 is 5.97 Å².